The maximum atomic E-state index is 12.5. The number of rotatable bonds is 3. The Morgan fingerprint density at radius 1 is 1.28 bits per heavy atom. The van der Waals surface area contributed by atoms with Crippen molar-refractivity contribution in [1.82, 2.24) is 9.62 Å². The second-order valence-electron chi connectivity index (χ2n) is 7.27. The number of piperidine rings is 1. The molecular weight excluding hydrogens is 408 g/mol. The van der Waals surface area contributed by atoms with E-state index in [1.165, 1.54) is 0 Å². The monoisotopic (exact) mass is 432 g/mol. The van der Waals surface area contributed by atoms with E-state index < -0.39 is 15.6 Å². The van der Waals surface area contributed by atoms with E-state index in [4.69, 9.17) is 4.74 Å². The van der Waals surface area contributed by atoms with E-state index in [1.54, 1.807) is 23.1 Å². The molecule has 0 radical (unpaired) electrons. The summed E-state index contributed by atoms with van der Waals surface area (Å²) in [7, 11) is -3.57. The number of hydrogen-bond donors (Lipinski definition) is 1. The van der Waals surface area contributed by atoms with Crippen LogP contribution in [0.5, 0.6) is 0 Å². The summed E-state index contributed by atoms with van der Waals surface area (Å²) in [5, 5.41) is 0. The molecule has 6 nitrogen and oxygen atoms in total. The van der Waals surface area contributed by atoms with Crippen LogP contribution in [0.25, 0.3) is 0 Å². The largest absolute Gasteiger partial charge is 0.444 e. The normalized spacial score (nSPS) is 16.8. The highest BCUT2D eigenvalue weighted by molar-refractivity contribution is 9.10. The van der Waals surface area contributed by atoms with Crippen LogP contribution < -0.4 is 4.72 Å². The maximum Gasteiger partial charge on any atom is 0.410 e. The van der Waals surface area contributed by atoms with E-state index >= 15 is 0 Å². The first-order valence-corrected chi connectivity index (χ1v) is 10.5. The van der Waals surface area contributed by atoms with Crippen LogP contribution in [0, 0.1) is 6.92 Å². The number of halogens is 1. The van der Waals surface area contributed by atoms with Crippen molar-refractivity contribution < 1.29 is 17.9 Å². The van der Waals surface area contributed by atoms with Crippen molar-refractivity contribution in [3.63, 3.8) is 0 Å². The van der Waals surface area contributed by atoms with E-state index in [0.29, 0.717) is 25.9 Å². The molecule has 0 spiro atoms. The lowest BCUT2D eigenvalue weighted by Gasteiger charge is -2.33. The average molecular weight is 433 g/mol. The molecule has 2 rings (SSSR count). The van der Waals surface area contributed by atoms with E-state index in [0.717, 1.165) is 10.0 Å². The summed E-state index contributed by atoms with van der Waals surface area (Å²) in [5.41, 5.74) is 0.331. The minimum atomic E-state index is -3.57. The Morgan fingerprint density at radius 2 is 1.88 bits per heavy atom. The van der Waals surface area contributed by atoms with Gasteiger partial charge in [-0.3, -0.25) is 0 Å². The lowest BCUT2D eigenvalue weighted by molar-refractivity contribution is 0.0203. The number of carbonyl (C=O) groups excluding carboxylic acids is 1. The quantitative estimate of drug-likeness (QED) is 0.793. The van der Waals surface area contributed by atoms with Crippen LogP contribution in [0.4, 0.5) is 4.79 Å². The molecule has 1 aromatic carbocycles. The van der Waals surface area contributed by atoms with Gasteiger partial charge in [-0.05, 0) is 64.3 Å². The van der Waals surface area contributed by atoms with Crippen LogP contribution in [0.3, 0.4) is 0 Å². The van der Waals surface area contributed by atoms with Gasteiger partial charge in [0.25, 0.3) is 0 Å². The predicted molar refractivity (Wildman–Crippen MR) is 100 cm³/mol. The standard InChI is InChI=1S/C17H25BrN2O4S/c1-12-11-14(5-6-15(12)18)25(22,23)19-13-7-9-20(10-8-13)16(21)24-17(2,3)4/h5-6,11,13,19H,7-10H2,1-4H3. The Labute approximate surface area is 158 Å². The third-order valence-electron chi connectivity index (χ3n) is 3.91. The highest BCUT2D eigenvalue weighted by atomic mass is 79.9. The van der Waals surface area contributed by atoms with Crippen molar-refractivity contribution >= 4 is 32.0 Å². The molecular formula is C17H25BrN2O4S. The lowest BCUT2D eigenvalue weighted by Crippen LogP contribution is -2.47. The zero-order chi connectivity index (χ0) is 18.8. The Morgan fingerprint density at radius 3 is 2.40 bits per heavy atom. The van der Waals surface area contributed by atoms with Gasteiger partial charge in [0, 0.05) is 23.6 Å². The summed E-state index contributed by atoms with van der Waals surface area (Å²) >= 11 is 3.37. The van der Waals surface area contributed by atoms with Crippen LogP contribution in [0.2, 0.25) is 0 Å². The third-order valence-corrected chi connectivity index (χ3v) is 6.32. The SMILES string of the molecule is Cc1cc(S(=O)(=O)NC2CCN(C(=O)OC(C)(C)C)CC2)ccc1Br. The number of ether oxygens (including phenoxy) is 1. The minimum Gasteiger partial charge on any atom is -0.444 e. The first-order chi connectivity index (χ1) is 11.5. The molecule has 1 N–H and O–H groups in total. The van der Waals surface area contributed by atoms with Gasteiger partial charge in [0.2, 0.25) is 10.0 Å². The zero-order valence-corrected chi connectivity index (χ0v) is 17.4. The molecule has 0 bridgehead atoms. The predicted octanol–water partition coefficient (Wildman–Crippen LogP) is 3.44. The van der Waals surface area contributed by atoms with Crippen molar-refractivity contribution in [1.29, 1.82) is 0 Å². The molecule has 0 atom stereocenters. The van der Waals surface area contributed by atoms with Gasteiger partial charge in [-0.1, -0.05) is 15.9 Å². The number of benzene rings is 1. The molecule has 1 heterocycles. The average Bonchev–Trinajstić information content (AvgIpc) is 2.48. The van der Waals surface area contributed by atoms with E-state index in [1.807, 2.05) is 27.7 Å². The van der Waals surface area contributed by atoms with Crippen molar-refractivity contribution in [2.24, 2.45) is 0 Å². The summed E-state index contributed by atoms with van der Waals surface area (Å²) in [5.74, 6) is 0. The molecule has 1 aromatic rings. The fourth-order valence-corrected chi connectivity index (χ4v) is 4.21. The fourth-order valence-electron chi connectivity index (χ4n) is 2.58. The molecule has 25 heavy (non-hydrogen) atoms. The number of sulfonamides is 1. The summed E-state index contributed by atoms with van der Waals surface area (Å²) in [6.07, 6.45) is 0.777. The summed E-state index contributed by atoms with van der Waals surface area (Å²) in [4.78, 5) is 13.9. The van der Waals surface area contributed by atoms with Crippen LogP contribution >= 0.6 is 15.9 Å². The summed E-state index contributed by atoms with van der Waals surface area (Å²) in [6.45, 7) is 8.27. The Kier molecular flexibility index (Phi) is 6.17. The Bertz CT molecular complexity index is 736. The number of likely N-dealkylation sites (tertiary alicyclic amines) is 1. The van der Waals surface area contributed by atoms with Gasteiger partial charge in [-0.2, -0.15) is 0 Å². The smallest absolute Gasteiger partial charge is 0.410 e. The van der Waals surface area contributed by atoms with Gasteiger partial charge < -0.3 is 9.64 Å². The van der Waals surface area contributed by atoms with Gasteiger partial charge in [0.05, 0.1) is 4.90 Å². The molecule has 1 fully saturated rings. The van der Waals surface area contributed by atoms with Crippen molar-refractivity contribution in [3.05, 3.63) is 28.2 Å². The van der Waals surface area contributed by atoms with Crippen LogP contribution in [-0.4, -0.2) is 44.1 Å². The number of hydrogen-bond acceptors (Lipinski definition) is 4. The number of nitrogens with one attached hydrogen (secondary N) is 1. The highest BCUT2D eigenvalue weighted by Crippen LogP contribution is 2.21. The fraction of sp³-hybridized carbons (Fsp3) is 0.588. The number of aryl methyl sites for hydroxylation is 1. The Balaban J connectivity index is 1.95. The lowest BCUT2D eigenvalue weighted by atomic mass is 10.1. The van der Waals surface area contributed by atoms with E-state index in [9.17, 15) is 13.2 Å². The van der Waals surface area contributed by atoms with Crippen molar-refractivity contribution in [2.75, 3.05) is 13.1 Å². The van der Waals surface area contributed by atoms with E-state index in [-0.39, 0.29) is 17.0 Å². The van der Waals surface area contributed by atoms with Gasteiger partial charge in [-0.15, -0.1) is 0 Å². The molecule has 1 aliphatic heterocycles. The molecule has 140 valence electrons. The minimum absolute atomic E-state index is 0.187. The zero-order valence-electron chi connectivity index (χ0n) is 15.0. The number of carbonyl (C=O) groups is 1. The molecule has 0 saturated carbocycles. The van der Waals surface area contributed by atoms with Crippen LogP contribution in [-0.2, 0) is 14.8 Å². The van der Waals surface area contributed by atoms with Crippen LogP contribution in [0.1, 0.15) is 39.2 Å². The Hall–Kier alpha value is -1.12. The maximum absolute atomic E-state index is 12.5. The third kappa shape index (κ3) is 5.69. The van der Waals surface area contributed by atoms with E-state index in [2.05, 4.69) is 20.7 Å². The second kappa shape index (κ2) is 7.63. The summed E-state index contributed by atoms with van der Waals surface area (Å²) in [6, 6.07) is 4.76. The molecule has 1 saturated heterocycles. The number of nitrogens with zero attached hydrogens (tertiary/aromatic N) is 1. The van der Waals surface area contributed by atoms with Gasteiger partial charge in [0.1, 0.15) is 5.60 Å². The molecule has 8 heteroatoms. The second-order valence-corrected chi connectivity index (χ2v) is 9.84. The topological polar surface area (TPSA) is 75.7 Å². The highest BCUT2D eigenvalue weighted by Gasteiger charge is 2.29. The van der Waals surface area contributed by atoms with Crippen molar-refractivity contribution in [2.45, 2.75) is 57.1 Å². The van der Waals surface area contributed by atoms with Gasteiger partial charge in [-0.25, -0.2) is 17.9 Å². The molecule has 0 unspecified atom stereocenters. The summed E-state index contributed by atoms with van der Waals surface area (Å²) < 4.78 is 34.0. The first kappa shape index (κ1) is 20.2. The van der Waals surface area contributed by atoms with Crippen LogP contribution in [0.15, 0.2) is 27.6 Å². The van der Waals surface area contributed by atoms with Gasteiger partial charge >= 0.3 is 6.09 Å². The molecule has 0 aliphatic carbocycles. The first-order valence-electron chi connectivity index (χ1n) is 8.24. The molecule has 0 aromatic heterocycles. The van der Waals surface area contributed by atoms with Gasteiger partial charge in [0.15, 0.2) is 0 Å². The van der Waals surface area contributed by atoms with Crippen molar-refractivity contribution in [3.8, 4) is 0 Å². The number of amides is 1. The molecule has 1 aliphatic rings. The molecule has 1 amide bonds.